The summed E-state index contributed by atoms with van der Waals surface area (Å²) in [6.07, 6.45) is 0. The first-order valence-electron chi connectivity index (χ1n) is 50.3. The minimum absolute atomic E-state index is 1.18. The van der Waals surface area contributed by atoms with Crippen molar-refractivity contribution in [3.05, 3.63) is 510 Å². The van der Waals surface area contributed by atoms with Crippen molar-refractivity contribution in [1.82, 2.24) is 27.4 Å². The van der Waals surface area contributed by atoms with Crippen LogP contribution in [0.15, 0.2) is 510 Å². The van der Waals surface area contributed by atoms with Crippen molar-refractivity contribution in [2.75, 3.05) is 0 Å². The maximum Gasteiger partial charge on any atom is 0.0555 e. The third-order valence-electron chi connectivity index (χ3n) is 30.8. The maximum atomic E-state index is 2.46. The lowest BCUT2D eigenvalue weighted by atomic mass is 9.99. The molecule has 33 aromatic rings. The number of rotatable bonds is 9. The Kier molecular flexibility index (Phi) is 18.7. The molecule has 0 bridgehead atoms. The largest absolute Gasteiger partial charge is 0.309 e. The van der Waals surface area contributed by atoms with Gasteiger partial charge in [-0.05, 0) is 284 Å². The zero-order valence-electron chi connectivity index (χ0n) is 79.4. The zero-order valence-corrected chi connectivity index (χ0v) is 81.9. The summed E-state index contributed by atoms with van der Waals surface area (Å²) in [6, 6.07) is 187. The van der Waals surface area contributed by atoms with Crippen molar-refractivity contribution in [1.29, 1.82) is 0 Å². The Hall–Kier alpha value is -18.5. The highest BCUT2D eigenvalue weighted by Crippen LogP contribution is 2.50. The lowest BCUT2D eigenvalue weighted by Gasteiger charge is -2.10. The van der Waals surface area contributed by atoms with Crippen LogP contribution in [-0.2, 0) is 0 Å². The smallest absolute Gasteiger partial charge is 0.0555 e. The molecular formula is C138H84N6S3. The Bertz CT molecular complexity index is 11200. The maximum absolute atomic E-state index is 2.46. The second kappa shape index (κ2) is 33.1. The van der Waals surface area contributed by atoms with Gasteiger partial charge >= 0.3 is 0 Å². The van der Waals surface area contributed by atoms with Gasteiger partial charge in [0.25, 0.3) is 0 Å². The van der Waals surface area contributed by atoms with Crippen LogP contribution >= 0.6 is 34.0 Å². The predicted molar refractivity (Wildman–Crippen MR) is 633 cm³/mol. The quantitative estimate of drug-likeness (QED) is 0.138. The summed E-state index contributed by atoms with van der Waals surface area (Å²) in [5, 5.41) is 30.8. The van der Waals surface area contributed by atoms with Crippen LogP contribution in [0.2, 0.25) is 0 Å². The van der Waals surface area contributed by atoms with Gasteiger partial charge in [0.1, 0.15) is 0 Å². The molecule has 0 aliphatic carbocycles. The predicted octanol–water partition coefficient (Wildman–Crippen LogP) is 39.2. The van der Waals surface area contributed by atoms with E-state index in [0.29, 0.717) is 0 Å². The number of hydrogen-bond acceptors (Lipinski definition) is 3. The SMILES string of the molecule is c1ccc(-n2c3ccccc3c3cc(-c4ccc5c(c4)c4c6c(ccc4n5-c4ccc5ccccc5c4)sc4ccccc46)ccc32)cc1.c1ccc(-n2c3ccccc3c3cc(-c4ccc5c(c4)c4cc6c(cc4n5-c4ccc5ccccc5c4)sc4ccccc46)ccc32)cc1.c1ccc(-n2c3ccccc3c3cc(-c4ccc5c(c4)c4cc6sc7ccccc7c6cc4n5-c4ccc5ccccc5c4)ccc32)cc1. The molecule has 684 valence electrons. The molecule has 0 radical (unpaired) electrons. The molecule has 0 aliphatic rings. The van der Waals surface area contributed by atoms with E-state index >= 15 is 0 Å². The molecule has 24 aromatic carbocycles. The van der Waals surface area contributed by atoms with Gasteiger partial charge in [0.15, 0.2) is 0 Å². The van der Waals surface area contributed by atoms with Crippen LogP contribution in [0.4, 0.5) is 0 Å². The molecule has 0 fully saturated rings. The number of benzene rings is 24. The van der Waals surface area contributed by atoms with Crippen LogP contribution in [0.5, 0.6) is 0 Å². The third kappa shape index (κ3) is 13.2. The first-order valence-corrected chi connectivity index (χ1v) is 52.7. The van der Waals surface area contributed by atoms with E-state index in [1.165, 1.54) is 291 Å². The second-order valence-corrected chi connectivity index (χ2v) is 42.2. The summed E-state index contributed by atoms with van der Waals surface area (Å²) >= 11 is 5.65. The molecule has 0 N–H and O–H groups in total. The second-order valence-electron chi connectivity index (χ2n) is 38.9. The first-order chi connectivity index (χ1) is 72.9. The molecule has 0 atom stereocenters. The lowest BCUT2D eigenvalue weighted by Crippen LogP contribution is -1.94. The summed E-state index contributed by atoms with van der Waals surface area (Å²) in [5.41, 5.74) is 29.1. The van der Waals surface area contributed by atoms with Gasteiger partial charge in [0, 0.05) is 159 Å². The van der Waals surface area contributed by atoms with Gasteiger partial charge in [-0.2, -0.15) is 0 Å². The fourth-order valence-electron chi connectivity index (χ4n) is 24.1. The molecule has 9 heteroatoms. The van der Waals surface area contributed by atoms with E-state index in [4.69, 9.17) is 0 Å². The van der Waals surface area contributed by atoms with Gasteiger partial charge in [-0.25, -0.2) is 0 Å². The molecule has 0 aliphatic heterocycles. The third-order valence-corrected chi connectivity index (χ3v) is 34.2. The van der Waals surface area contributed by atoms with E-state index in [0.717, 1.165) is 0 Å². The normalized spacial score (nSPS) is 12.1. The molecule has 147 heavy (non-hydrogen) atoms. The fourth-order valence-corrected chi connectivity index (χ4v) is 27.5. The summed E-state index contributed by atoms with van der Waals surface area (Å²) in [7, 11) is 0. The topological polar surface area (TPSA) is 29.6 Å². The van der Waals surface area contributed by atoms with Crippen LogP contribution in [0.1, 0.15) is 0 Å². The molecule has 6 nitrogen and oxygen atoms in total. The van der Waals surface area contributed by atoms with Gasteiger partial charge in [0.05, 0.1) is 66.2 Å². The standard InChI is InChI=1S/3C46H28N2S/c1-2-12-33(13-3-1)47-41-16-8-6-14-35(41)37-25-31(19-22-42(37)47)32-20-23-43-38(26-32)39-28-46-40(36-15-7-9-17-45(36)49-46)27-44(39)48(43)34-21-18-29-10-4-5-11-30(29)24-34;1-2-12-33(13-3-1)47-41-16-8-6-14-35(41)37-25-31(19-22-42(37)47)32-20-23-43-38(26-32)39-27-40-36-15-7-9-17-45(36)49-46(40)28-44(39)48(43)34-21-18-29-10-4-5-11-30(29)24-34;1-2-12-33(13-3-1)47-39-16-8-6-14-35(39)37-27-31(19-22-40(37)47)32-20-23-41-38(28-32)45-42(24-25-44-46(45)36-15-7-9-17-43(36)49-44)48(41)34-21-18-29-10-4-5-11-30(29)26-34/h3*1-28H. The molecule has 33 rings (SSSR count). The Balaban J connectivity index is 0.0000000999. The van der Waals surface area contributed by atoms with E-state index in [1.54, 1.807) is 0 Å². The molecule has 0 unspecified atom stereocenters. The van der Waals surface area contributed by atoms with Gasteiger partial charge in [-0.1, -0.05) is 291 Å². The first kappa shape index (κ1) is 83.2. The van der Waals surface area contributed by atoms with Crippen LogP contribution < -0.4 is 0 Å². The van der Waals surface area contributed by atoms with Gasteiger partial charge in [0.2, 0.25) is 0 Å². The fraction of sp³-hybridized carbons (Fsp3) is 0. The molecule has 0 amide bonds. The molecular weight excluding hydrogens is 1840 g/mol. The van der Waals surface area contributed by atoms with Crippen LogP contribution in [-0.4, -0.2) is 27.4 Å². The monoisotopic (exact) mass is 1920 g/mol. The minimum atomic E-state index is 1.18. The summed E-state index contributed by atoms with van der Waals surface area (Å²) in [6.45, 7) is 0. The minimum Gasteiger partial charge on any atom is -0.309 e. The van der Waals surface area contributed by atoms with E-state index in [9.17, 15) is 0 Å². The lowest BCUT2D eigenvalue weighted by molar-refractivity contribution is 1.18. The van der Waals surface area contributed by atoms with Crippen LogP contribution in [0, 0.1) is 0 Å². The number of nitrogens with zero attached hydrogens (tertiary/aromatic N) is 6. The van der Waals surface area contributed by atoms with E-state index < -0.39 is 0 Å². The highest BCUT2D eigenvalue weighted by molar-refractivity contribution is 7.26. The Morgan fingerprint density at radius 1 is 0.109 bits per heavy atom. The average Bonchev–Trinajstić information content (AvgIpc) is 1.56. The van der Waals surface area contributed by atoms with Crippen molar-refractivity contribution >= 4 is 258 Å². The van der Waals surface area contributed by atoms with Crippen LogP contribution in [0.3, 0.4) is 0 Å². The van der Waals surface area contributed by atoms with Gasteiger partial charge in [-0.15, -0.1) is 34.0 Å². The summed E-state index contributed by atoms with van der Waals surface area (Å²) < 4.78 is 22.5. The highest BCUT2D eigenvalue weighted by Gasteiger charge is 2.26. The van der Waals surface area contributed by atoms with E-state index in [2.05, 4.69) is 537 Å². The van der Waals surface area contributed by atoms with Crippen molar-refractivity contribution in [3.8, 4) is 67.5 Å². The number of hydrogen-bond donors (Lipinski definition) is 0. The van der Waals surface area contributed by atoms with Crippen molar-refractivity contribution < 1.29 is 0 Å². The van der Waals surface area contributed by atoms with Crippen molar-refractivity contribution in [3.63, 3.8) is 0 Å². The van der Waals surface area contributed by atoms with E-state index in [-0.39, 0.29) is 0 Å². The van der Waals surface area contributed by atoms with Gasteiger partial charge < -0.3 is 27.4 Å². The summed E-state index contributed by atoms with van der Waals surface area (Å²) in [4.78, 5) is 0. The number of para-hydroxylation sites is 6. The molecule has 0 saturated carbocycles. The number of aromatic nitrogens is 6. The Morgan fingerprint density at radius 2 is 0.374 bits per heavy atom. The number of fused-ring (bicyclic) bond motifs is 31. The molecule has 9 aromatic heterocycles. The van der Waals surface area contributed by atoms with Crippen molar-refractivity contribution in [2.24, 2.45) is 0 Å². The Morgan fingerprint density at radius 3 is 0.782 bits per heavy atom. The van der Waals surface area contributed by atoms with Crippen molar-refractivity contribution in [2.45, 2.75) is 0 Å². The molecule has 9 heterocycles. The zero-order chi connectivity index (χ0) is 96.2. The highest BCUT2D eigenvalue weighted by atomic mass is 32.1. The van der Waals surface area contributed by atoms with Gasteiger partial charge in [-0.3, -0.25) is 0 Å². The molecule has 0 saturated heterocycles. The Labute approximate surface area is 855 Å². The van der Waals surface area contributed by atoms with E-state index in [1.807, 2.05) is 34.0 Å². The average molecular weight is 1920 g/mol. The molecule has 0 spiro atoms. The van der Waals surface area contributed by atoms with Crippen LogP contribution in [0.25, 0.3) is 291 Å². The summed E-state index contributed by atoms with van der Waals surface area (Å²) in [5.74, 6) is 0. The number of thiophene rings is 3.